The zero-order valence-corrected chi connectivity index (χ0v) is 8.32. The number of hydrogen-bond acceptors (Lipinski definition) is 3. The van der Waals surface area contributed by atoms with Gasteiger partial charge >= 0.3 is 0 Å². The van der Waals surface area contributed by atoms with Crippen molar-refractivity contribution < 1.29 is 9.47 Å². The van der Waals surface area contributed by atoms with Crippen LogP contribution in [0.1, 0.15) is 6.42 Å². The molecule has 2 heterocycles. The van der Waals surface area contributed by atoms with Crippen LogP contribution in [0, 0.1) is 0 Å². The van der Waals surface area contributed by atoms with Crippen LogP contribution in [0.3, 0.4) is 0 Å². The van der Waals surface area contributed by atoms with Crippen LogP contribution in [-0.2, 0) is 9.47 Å². The van der Waals surface area contributed by atoms with E-state index in [1.807, 2.05) is 0 Å². The molecule has 0 aromatic rings. The van der Waals surface area contributed by atoms with E-state index in [9.17, 15) is 0 Å². The quantitative estimate of drug-likeness (QED) is 0.600. The molecule has 0 N–H and O–H groups in total. The summed E-state index contributed by atoms with van der Waals surface area (Å²) < 4.78 is 10.6. The van der Waals surface area contributed by atoms with Gasteiger partial charge in [0.15, 0.2) is 0 Å². The summed E-state index contributed by atoms with van der Waals surface area (Å²) in [6.07, 6.45) is 3.81. The van der Waals surface area contributed by atoms with Crippen molar-refractivity contribution in [3.63, 3.8) is 0 Å². The molecular formula is C10H17NO2. The summed E-state index contributed by atoms with van der Waals surface area (Å²) in [5.41, 5.74) is 1.40. The van der Waals surface area contributed by atoms with Crippen molar-refractivity contribution in [1.82, 2.24) is 4.90 Å². The Balaban J connectivity index is 2.06. The highest BCUT2D eigenvalue weighted by Crippen LogP contribution is 2.30. The van der Waals surface area contributed by atoms with E-state index >= 15 is 0 Å². The van der Waals surface area contributed by atoms with Gasteiger partial charge in [-0.05, 0) is 12.0 Å². The lowest BCUT2D eigenvalue weighted by Crippen LogP contribution is -2.34. The van der Waals surface area contributed by atoms with Crippen molar-refractivity contribution in [1.29, 1.82) is 0 Å². The second kappa shape index (κ2) is 3.78. The van der Waals surface area contributed by atoms with Gasteiger partial charge in [0.1, 0.15) is 0 Å². The van der Waals surface area contributed by atoms with Crippen LogP contribution in [0.25, 0.3) is 0 Å². The molecule has 3 nitrogen and oxygen atoms in total. The minimum atomic E-state index is 0.379. The lowest BCUT2D eigenvalue weighted by Gasteiger charge is -2.22. The van der Waals surface area contributed by atoms with Crippen molar-refractivity contribution >= 4 is 0 Å². The maximum absolute atomic E-state index is 5.46. The molecule has 2 aliphatic rings. The topological polar surface area (TPSA) is 21.7 Å². The van der Waals surface area contributed by atoms with E-state index in [0.717, 1.165) is 26.1 Å². The first-order chi connectivity index (χ1) is 6.36. The third-order valence-electron chi connectivity index (χ3n) is 3.03. The van der Waals surface area contributed by atoms with Gasteiger partial charge < -0.3 is 9.47 Å². The smallest absolute Gasteiger partial charge is 0.0778 e. The molecule has 0 aliphatic carbocycles. The minimum absolute atomic E-state index is 0.379. The molecular weight excluding hydrogens is 166 g/mol. The van der Waals surface area contributed by atoms with Gasteiger partial charge in [-0.2, -0.15) is 0 Å². The maximum atomic E-state index is 5.46. The number of ether oxygens (including phenoxy) is 2. The molecule has 74 valence electrons. The highest BCUT2D eigenvalue weighted by Gasteiger charge is 2.39. The third-order valence-corrected chi connectivity index (χ3v) is 3.03. The fraction of sp³-hybridized carbons (Fsp3) is 0.800. The monoisotopic (exact) mass is 183 g/mol. The van der Waals surface area contributed by atoms with Gasteiger partial charge in [-0.15, -0.1) is 0 Å². The zero-order chi connectivity index (χ0) is 9.26. The van der Waals surface area contributed by atoms with E-state index in [-0.39, 0.29) is 0 Å². The minimum Gasteiger partial charge on any atom is -0.380 e. The van der Waals surface area contributed by atoms with Crippen LogP contribution in [0.15, 0.2) is 11.6 Å². The average molecular weight is 183 g/mol. The predicted octanol–water partition coefficient (Wildman–Crippen LogP) is 0.662. The van der Waals surface area contributed by atoms with Gasteiger partial charge in [0.2, 0.25) is 0 Å². The molecule has 2 aliphatic heterocycles. The lowest BCUT2D eigenvalue weighted by atomic mass is 10.1. The van der Waals surface area contributed by atoms with Gasteiger partial charge in [-0.3, -0.25) is 4.90 Å². The fourth-order valence-corrected chi connectivity index (χ4v) is 2.42. The molecule has 0 aromatic carbocycles. The highest BCUT2D eigenvalue weighted by molar-refractivity contribution is 5.23. The largest absolute Gasteiger partial charge is 0.380 e. The van der Waals surface area contributed by atoms with Gasteiger partial charge in [0.05, 0.1) is 18.8 Å². The summed E-state index contributed by atoms with van der Waals surface area (Å²) in [6, 6.07) is 0.491. The Bertz CT molecular complexity index is 215. The van der Waals surface area contributed by atoms with Crippen LogP contribution in [0.5, 0.6) is 0 Å². The Hall–Kier alpha value is -0.380. The molecule has 2 atom stereocenters. The highest BCUT2D eigenvalue weighted by atomic mass is 16.5. The molecule has 0 amide bonds. The Morgan fingerprint density at radius 3 is 3.08 bits per heavy atom. The van der Waals surface area contributed by atoms with E-state index in [1.165, 1.54) is 5.57 Å². The van der Waals surface area contributed by atoms with Crippen LogP contribution >= 0.6 is 0 Å². The van der Waals surface area contributed by atoms with Crippen LogP contribution < -0.4 is 0 Å². The van der Waals surface area contributed by atoms with Crippen LogP contribution in [0.4, 0.5) is 0 Å². The van der Waals surface area contributed by atoms with E-state index < -0.39 is 0 Å². The van der Waals surface area contributed by atoms with Crippen molar-refractivity contribution in [3.8, 4) is 0 Å². The normalized spacial score (nSPS) is 33.5. The van der Waals surface area contributed by atoms with Crippen molar-refractivity contribution in [2.75, 3.05) is 33.9 Å². The van der Waals surface area contributed by atoms with Crippen molar-refractivity contribution in [3.05, 3.63) is 11.6 Å². The average Bonchev–Trinajstić information content (AvgIpc) is 2.68. The summed E-state index contributed by atoms with van der Waals surface area (Å²) in [5, 5.41) is 0. The molecule has 13 heavy (non-hydrogen) atoms. The zero-order valence-electron chi connectivity index (χ0n) is 8.32. The first-order valence-electron chi connectivity index (χ1n) is 4.81. The Morgan fingerprint density at radius 2 is 2.38 bits per heavy atom. The van der Waals surface area contributed by atoms with Crippen molar-refractivity contribution in [2.24, 2.45) is 0 Å². The molecule has 0 bridgehead atoms. The molecule has 0 spiro atoms. The van der Waals surface area contributed by atoms with E-state index in [2.05, 4.69) is 11.0 Å². The first kappa shape index (κ1) is 9.19. The van der Waals surface area contributed by atoms with E-state index in [4.69, 9.17) is 9.47 Å². The molecule has 1 fully saturated rings. The number of nitrogens with zero attached hydrogens (tertiary/aromatic N) is 1. The first-order valence-corrected chi connectivity index (χ1v) is 4.81. The fourth-order valence-electron chi connectivity index (χ4n) is 2.42. The summed E-state index contributed by atoms with van der Waals surface area (Å²) in [7, 11) is 3.55. The number of fused-ring (bicyclic) bond motifs is 1. The van der Waals surface area contributed by atoms with Crippen molar-refractivity contribution in [2.45, 2.75) is 18.6 Å². The second-order valence-electron chi connectivity index (χ2n) is 3.71. The maximum Gasteiger partial charge on any atom is 0.0778 e. The molecule has 0 radical (unpaired) electrons. The standard InChI is InChI=1S/C10H17NO2/c1-12-7-8-3-5-11-6-4-9(13-2)10(8)11/h3,9-10H,4-7H2,1-2H3/t9-,10?/m1/s1. The predicted molar refractivity (Wildman–Crippen MR) is 50.7 cm³/mol. The molecule has 1 saturated heterocycles. The molecule has 2 rings (SSSR count). The molecule has 3 heteroatoms. The van der Waals surface area contributed by atoms with E-state index in [1.54, 1.807) is 14.2 Å². The van der Waals surface area contributed by atoms with Crippen LogP contribution in [0.2, 0.25) is 0 Å². The van der Waals surface area contributed by atoms with Gasteiger partial charge in [0.25, 0.3) is 0 Å². The summed E-state index contributed by atoms with van der Waals surface area (Å²) >= 11 is 0. The SMILES string of the molecule is COCC1=CCN2CC[C@@H](OC)C12. The van der Waals surface area contributed by atoms with E-state index in [0.29, 0.717) is 12.1 Å². The Morgan fingerprint density at radius 1 is 1.54 bits per heavy atom. The number of methoxy groups -OCH3 is 2. The number of hydrogen-bond donors (Lipinski definition) is 0. The summed E-state index contributed by atoms with van der Waals surface area (Å²) in [6.45, 7) is 2.98. The third kappa shape index (κ3) is 1.52. The van der Waals surface area contributed by atoms with Gasteiger partial charge in [-0.1, -0.05) is 6.08 Å². The second-order valence-corrected chi connectivity index (χ2v) is 3.71. The van der Waals surface area contributed by atoms with Crippen LogP contribution in [-0.4, -0.2) is 51.0 Å². The summed E-state index contributed by atoms with van der Waals surface area (Å²) in [4.78, 5) is 2.46. The molecule has 1 unspecified atom stereocenters. The summed E-state index contributed by atoms with van der Waals surface area (Å²) in [5.74, 6) is 0. The van der Waals surface area contributed by atoms with Gasteiger partial charge in [-0.25, -0.2) is 0 Å². The number of rotatable bonds is 3. The Labute approximate surface area is 79.3 Å². The lowest BCUT2D eigenvalue weighted by molar-refractivity contribution is 0.0803. The Kier molecular flexibility index (Phi) is 2.67. The van der Waals surface area contributed by atoms with Gasteiger partial charge in [0, 0.05) is 27.3 Å². The molecule has 0 saturated carbocycles. The molecule has 0 aromatic heterocycles.